The molecular weight excluding hydrogens is 218 g/mol. The molecule has 0 spiro atoms. The largest absolute Gasteiger partial charge is 0.367 e. The molecule has 1 rings (SSSR count). The van der Waals surface area contributed by atoms with Gasteiger partial charge in [-0.1, -0.05) is 13.8 Å². The number of nitrogens with zero attached hydrogens (tertiary/aromatic N) is 2. The zero-order valence-corrected chi connectivity index (χ0v) is 11.6. The highest BCUT2D eigenvalue weighted by Crippen LogP contribution is 2.14. The molecule has 0 radical (unpaired) electrons. The Balaban J connectivity index is 2.80. The Morgan fingerprint density at radius 1 is 1.31 bits per heavy atom. The molecule has 0 saturated heterocycles. The molecule has 4 heteroatoms. The second kappa shape index (κ2) is 6.09. The molecular formula is C12H21N3S. The molecule has 1 aromatic heterocycles. The van der Waals surface area contributed by atoms with Crippen LogP contribution < -0.4 is 5.32 Å². The SMILES string of the molecule is CSCC(C)Nc1cc(C)nc(C(C)C)n1. The minimum Gasteiger partial charge on any atom is -0.367 e. The first-order chi connectivity index (χ1) is 7.52. The van der Waals surface area contributed by atoms with Crippen LogP contribution in [0.2, 0.25) is 0 Å². The maximum atomic E-state index is 4.52. The second-order valence-electron chi connectivity index (χ2n) is 4.41. The van der Waals surface area contributed by atoms with Gasteiger partial charge in [0.15, 0.2) is 0 Å². The predicted molar refractivity (Wildman–Crippen MR) is 72.3 cm³/mol. The molecule has 0 fully saturated rings. The molecule has 1 N–H and O–H groups in total. The summed E-state index contributed by atoms with van der Waals surface area (Å²) in [6, 6.07) is 2.44. The number of aromatic nitrogens is 2. The van der Waals surface area contributed by atoms with Crippen LogP contribution in [-0.2, 0) is 0 Å². The Morgan fingerprint density at radius 3 is 2.56 bits per heavy atom. The van der Waals surface area contributed by atoms with Crippen molar-refractivity contribution in [1.82, 2.24) is 9.97 Å². The van der Waals surface area contributed by atoms with E-state index in [0.717, 1.165) is 23.1 Å². The molecule has 1 aromatic rings. The third-order valence-corrected chi connectivity index (χ3v) is 3.03. The van der Waals surface area contributed by atoms with E-state index in [1.165, 1.54) is 0 Å². The summed E-state index contributed by atoms with van der Waals surface area (Å²) in [7, 11) is 0. The van der Waals surface area contributed by atoms with E-state index in [0.29, 0.717) is 12.0 Å². The van der Waals surface area contributed by atoms with Gasteiger partial charge < -0.3 is 5.32 Å². The third kappa shape index (κ3) is 4.00. The number of hydrogen-bond acceptors (Lipinski definition) is 4. The number of nitrogens with one attached hydrogen (secondary N) is 1. The molecule has 0 aliphatic heterocycles. The molecule has 1 atom stereocenters. The summed E-state index contributed by atoms with van der Waals surface area (Å²) in [6.45, 7) is 8.41. The van der Waals surface area contributed by atoms with Gasteiger partial charge in [0.05, 0.1) is 0 Å². The molecule has 0 saturated carbocycles. The zero-order chi connectivity index (χ0) is 12.1. The first-order valence-electron chi connectivity index (χ1n) is 5.64. The van der Waals surface area contributed by atoms with Crippen LogP contribution in [-0.4, -0.2) is 28.0 Å². The first-order valence-corrected chi connectivity index (χ1v) is 7.03. The fourth-order valence-electron chi connectivity index (χ4n) is 1.47. The highest BCUT2D eigenvalue weighted by atomic mass is 32.2. The summed E-state index contributed by atoms with van der Waals surface area (Å²) in [6.07, 6.45) is 2.11. The van der Waals surface area contributed by atoms with Crippen LogP contribution in [0.15, 0.2) is 6.07 Å². The standard InChI is InChI=1S/C12H21N3S/c1-8(2)12-14-9(3)6-11(15-12)13-10(4)7-16-5/h6,8,10H,7H2,1-5H3,(H,13,14,15). The third-order valence-electron chi connectivity index (χ3n) is 2.20. The van der Waals surface area contributed by atoms with E-state index in [2.05, 4.69) is 42.3 Å². The van der Waals surface area contributed by atoms with Crippen molar-refractivity contribution in [3.8, 4) is 0 Å². The molecule has 16 heavy (non-hydrogen) atoms. The Labute approximate surface area is 102 Å². The van der Waals surface area contributed by atoms with E-state index in [1.54, 1.807) is 0 Å². The van der Waals surface area contributed by atoms with Crippen molar-refractivity contribution in [2.24, 2.45) is 0 Å². The minimum absolute atomic E-state index is 0.372. The van der Waals surface area contributed by atoms with E-state index >= 15 is 0 Å². The molecule has 90 valence electrons. The smallest absolute Gasteiger partial charge is 0.133 e. The number of thioether (sulfide) groups is 1. The van der Waals surface area contributed by atoms with E-state index in [9.17, 15) is 0 Å². The zero-order valence-electron chi connectivity index (χ0n) is 10.7. The number of hydrogen-bond donors (Lipinski definition) is 1. The highest BCUT2D eigenvalue weighted by Gasteiger charge is 2.07. The predicted octanol–water partition coefficient (Wildman–Crippen LogP) is 3.07. The van der Waals surface area contributed by atoms with Crippen LogP contribution >= 0.6 is 11.8 Å². The second-order valence-corrected chi connectivity index (χ2v) is 5.32. The molecule has 0 aliphatic rings. The fraction of sp³-hybridized carbons (Fsp3) is 0.667. The van der Waals surface area contributed by atoms with Crippen LogP contribution in [0.25, 0.3) is 0 Å². The molecule has 1 unspecified atom stereocenters. The fourth-order valence-corrected chi connectivity index (χ4v) is 2.05. The molecule has 0 aliphatic carbocycles. The lowest BCUT2D eigenvalue weighted by Crippen LogP contribution is -2.19. The molecule has 0 aromatic carbocycles. The maximum Gasteiger partial charge on any atom is 0.133 e. The van der Waals surface area contributed by atoms with Gasteiger partial charge in [-0.15, -0.1) is 0 Å². The quantitative estimate of drug-likeness (QED) is 0.857. The van der Waals surface area contributed by atoms with Crippen molar-refractivity contribution in [2.75, 3.05) is 17.3 Å². The monoisotopic (exact) mass is 239 g/mol. The number of aryl methyl sites for hydroxylation is 1. The first kappa shape index (κ1) is 13.3. The number of rotatable bonds is 5. The molecule has 0 bridgehead atoms. The van der Waals surface area contributed by atoms with Crippen LogP contribution in [0, 0.1) is 6.92 Å². The van der Waals surface area contributed by atoms with Crippen molar-refractivity contribution in [1.29, 1.82) is 0 Å². The Morgan fingerprint density at radius 2 is 2.00 bits per heavy atom. The normalized spacial score (nSPS) is 12.9. The van der Waals surface area contributed by atoms with Gasteiger partial charge in [-0.25, -0.2) is 9.97 Å². The van der Waals surface area contributed by atoms with E-state index in [4.69, 9.17) is 0 Å². The van der Waals surface area contributed by atoms with Gasteiger partial charge in [-0.3, -0.25) is 0 Å². The van der Waals surface area contributed by atoms with E-state index < -0.39 is 0 Å². The summed E-state index contributed by atoms with van der Waals surface area (Å²) in [5.41, 5.74) is 1.03. The summed E-state index contributed by atoms with van der Waals surface area (Å²) >= 11 is 1.84. The Kier molecular flexibility index (Phi) is 5.06. The molecule has 1 heterocycles. The maximum absolute atomic E-state index is 4.52. The van der Waals surface area contributed by atoms with Gasteiger partial charge >= 0.3 is 0 Å². The molecule has 0 amide bonds. The van der Waals surface area contributed by atoms with Crippen molar-refractivity contribution in [3.05, 3.63) is 17.6 Å². The topological polar surface area (TPSA) is 37.8 Å². The van der Waals surface area contributed by atoms with Crippen LogP contribution in [0.1, 0.15) is 38.2 Å². The van der Waals surface area contributed by atoms with E-state index in [1.807, 2.05) is 24.8 Å². The van der Waals surface area contributed by atoms with Crippen LogP contribution in [0.3, 0.4) is 0 Å². The van der Waals surface area contributed by atoms with Crippen LogP contribution in [0.5, 0.6) is 0 Å². The van der Waals surface area contributed by atoms with Crippen molar-refractivity contribution in [2.45, 2.75) is 39.7 Å². The van der Waals surface area contributed by atoms with Crippen molar-refractivity contribution in [3.63, 3.8) is 0 Å². The lowest BCUT2D eigenvalue weighted by molar-refractivity contribution is 0.762. The van der Waals surface area contributed by atoms with Crippen molar-refractivity contribution < 1.29 is 0 Å². The average Bonchev–Trinajstić information content (AvgIpc) is 2.16. The van der Waals surface area contributed by atoms with Gasteiger partial charge in [0.1, 0.15) is 11.6 Å². The summed E-state index contributed by atoms with van der Waals surface area (Å²) in [5.74, 6) is 3.31. The minimum atomic E-state index is 0.372. The van der Waals surface area contributed by atoms with Gasteiger partial charge in [-0.05, 0) is 20.1 Å². The molecule has 3 nitrogen and oxygen atoms in total. The highest BCUT2D eigenvalue weighted by molar-refractivity contribution is 7.98. The van der Waals surface area contributed by atoms with Crippen molar-refractivity contribution >= 4 is 17.6 Å². The van der Waals surface area contributed by atoms with Gasteiger partial charge in [0.25, 0.3) is 0 Å². The van der Waals surface area contributed by atoms with Gasteiger partial charge in [0, 0.05) is 29.5 Å². The average molecular weight is 239 g/mol. The van der Waals surface area contributed by atoms with Gasteiger partial charge in [-0.2, -0.15) is 11.8 Å². The van der Waals surface area contributed by atoms with E-state index in [-0.39, 0.29) is 0 Å². The lowest BCUT2D eigenvalue weighted by atomic mass is 10.2. The van der Waals surface area contributed by atoms with Crippen LogP contribution in [0.4, 0.5) is 5.82 Å². The summed E-state index contributed by atoms with van der Waals surface area (Å²) in [4.78, 5) is 8.95. The number of anilines is 1. The summed E-state index contributed by atoms with van der Waals surface area (Å²) in [5, 5.41) is 3.41. The Bertz CT molecular complexity index is 339. The van der Waals surface area contributed by atoms with Gasteiger partial charge in [0.2, 0.25) is 0 Å². The lowest BCUT2D eigenvalue weighted by Gasteiger charge is -2.15. The Hall–Kier alpha value is -0.770. The summed E-state index contributed by atoms with van der Waals surface area (Å²) < 4.78 is 0.